The third-order valence-electron chi connectivity index (χ3n) is 5.20. The largest absolute Gasteiger partial charge is 0.274 e. The quantitative estimate of drug-likeness (QED) is 0.718. The number of hydrogen-bond donors (Lipinski definition) is 1. The molecule has 1 aliphatic rings. The zero-order valence-corrected chi connectivity index (χ0v) is 16.6. The predicted molar refractivity (Wildman–Crippen MR) is 109 cm³/mol. The van der Waals surface area contributed by atoms with Crippen molar-refractivity contribution in [3.05, 3.63) is 70.1 Å². The molecule has 0 fully saturated rings. The molecule has 7 heteroatoms. The van der Waals surface area contributed by atoms with Crippen LogP contribution >= 0.6 is 0 Å². The fourth-order valence-electron chi connectivity index (χ4n) is 3.76. The van der Waals surface area contributed by atoms with Crippen LogP contribution in [0.1, 0.15) is 30.9 Å². The van der Waals surface area contributed by atoms with E-state index in [4.69, 9.17) is 0 Å². The van der Waals surface area contributed by atoms with Crippen LogP contribution in [0, 0.1) is 0 Å². The highest BCUT2D eigenvalue weighted by atomic mass is 32.2. The summed E-state index contributed by atoms with van der Waals surface area (Å²) in [5.74, 6) is 0. The van der Waals surface area contributed by atoms with Crippen LogP contribution in [0.3, 0.4) is 0 Å². The maximum absolute atomic E-state index is 12.8. The molecule has 3 aromatic rings. The van der Waals surface area contributed by atoms with E-state index in [0.29, 0.717) is 5.39 Å². The van der Waals surface area contributed by atoms with Gasteiger partial charge < -0.3 is 0 Å². The minimum atomic E-state index is -3.66. The van der Waals surface area contributed by atoms with Gasteiger partial charge in [-0.05, 0) is 61.9 Å². The summed E-state index contributed by atoms with van der Waals surface area (Å²) in [7, 11) is -3.66. The monoisotopic (exact) mass is 397 g/mol. The number of rotatable bonds is 5. The molecule has 0 saturated carbocycles. The highest BCUT2D eigenvalue weighted by Gasteiger charge is 2.20. The van der Waals surface area contributed by atoms with E-state index >= 15 is 0 Å². The van der Waals surface area contributed by atoms with E-state index in [0.717, 1.165) is 36.6 Å². The van der Waals surface area contributed by atoms with Gasteiger partial charge in [0.2, 0.25) is 10.0 Å². The molecule has 1 heterocycles. The molecule has 0 bridgehead atoms. The van der Waals surface area contributed by atoms with E-state index < -0.39 is 16.1 Å². The number of benzene rings is 2. The number of aromatic nitrogens is 2. The smallest absolute Gasteiger partial charge is 0.267 e. The van der Waals surface area contributed by atoms with Gasteiger partial charge in [-0.25, -0.2) is 17.8 Å². The van der Waals surface area contributed by atoms with Crippen molar-refractivity contribution in [3.8, 4) is 0 Å². The molecule has 0 saturated heterocycles. The van der Waals surface area contributed by atoms with Gasteiger partial charge in [-0.2, -0.15) is 5.10 Å². The first-order valence-corrected chi connectivity index (χ1v) is 11.0. The van der Waals surface area contributed by atoms with Crippen LogP contribution in [0.15, 0.2) is 58.4 Å². The van der Waals surface area contributed by atoms with E-state index in [1.165, 1.54) is 10.2 Å². The van der Waals surface area contributed by atoms with Crippen LogP contribution in [0.5, 0.6) is 0 Å². The maximum atomic E-state index is 12.8. The van der Waals surface area contributed by atoms with E-state index in [2.05, 4.69) is 9.82 Å². The Morgan fingerprint density at radius 2 is 1.86 bits per heavy atom. The topological polar surface area (TPSA) is 81.1 Å². The van der Waals surface area contributed by atoms with Crippen LogP contribution in [-0.2, 0) is 29.4 Å². The van der Waals surface area contributed by atoms with Crippen molar-refractivity contribution in [2.24, 2.45) is 0 Å². The first-order valence-electron chi connectivity index (χ1n) is 9.53. The van der Waals surface area contributed by atoms with Gasteiger partial charge in [-0.15, -0.1) is 0 Å². The highest BCUT2D eigenvalue weighted by molar-refractivity contribution is 7.89. The predicted octanol–water partition coefficient (Wildman–Crippen LogP) is 2.64. The number of aryl methyl sites for hydroxylation is 2. The molecule has 6 nitrogen and oxygen atoms in total. The molecule has 0 amide bonds. The van der Waals surface area contributed by atoms with Gasteiger partial charge in [-0.1, -0.05) is 24.3 Å². The van der Waals surface area contributed by atoms with Gasteiger partial charge >= 0.3 is 0 Å². The zero-order valence-electron chi connectivity index (χ0n) is 15.8. The average molecular weight is 398 g/mol. The minimum Gasteiger partial charge on any atom is -0.267 e. The Balaban J connectivity index is 1.54. The van der Waals surface area contributed by atoms with E-state index in [9.17, 15) is 13.2 Å². The Morgan fingerprint density at radius 1 is 1.11 bits per heavy atom. The lowest BCUT2D eigenvalue weighted by Crippen LogP contribution is -2.39. The second-order valence-corrected chi connectivity index (χ2v) is 9.09. The van der Waals surface area contributed by atoms with Crippen molar-refractivity contribution >= 4 is 20.8 Å². The molecule has 1 atom stereocenters. The lowest BCUT2D eigenvalue weighted by atomic mass is 9.92. The maximum Gasteiger partial charge on any atom is 0.274 e. The third kappa shape index (κ3) is 3.72. The first kappa shape index (κ1) is 18.8. The third-order valence-corrected chi connectivity index (χ3v) is 6.78. The summed E-state index contributed by atoms with van der Waals surface area (Å²) in [6.07, 6.45) is 5.81. The van der Waals surface area contributed by atoms with Crippen molar-refractivity contribution in [1.29, 1.82) is 0 Å². The number of nitrogens with zero attached hydrogens (tertiary/aromatic N) is 2. The molecular weight excluding hydrogens is 374 g/mol. The summed E-state index contributed by atoms with van der Waals surface area (Å²) in [6, 6.07) is 12.1. The molecule has 0 unspecified atom stereocenters. The second kappa shape index (κ2) is 7.48. The summed E-state index contributed by atoms with van der Waals surface area (Å²) in [4.78, 5) is 12.9. The molecule has 0 spiro atoms. The zero-order chi connectivity index (χ0) is 19.7. The molecule has 0 aliphatic heterocycles. The molecule has 146 valence electrons. The van der Waals surface area contributed by atoms with Gasteiger partial charge in [-0.3, -0.25) is 4.79 Å². The van der Waals surface area contributed by atoms with Gasteiger partial charge in [0.25, 0.3) is 5.56 Å². The van der Waals surface area contributed by atoms with Crippen molar-refractivity contribution in [1.82, 2.24) is 14.5 Å². The Bertz CT molecular complexity index is 1180. The number of sulfonamides is 1. The molecule has 4 rings (SSSR count). The Kier molecular flexibility index (Phi) is 5.03. The summed E-state index contributed by atoms with van der Waals surface area (Å²) in [5.41, 5.74) is 2.14. The normalized spacial score (nSPS) is 15.3. The lowest BCUT2D eigenvalue weighted by Gasteiger charge is -2.18. The van der Waals surface area contributed by atoms with Crippen LogP contribution in [0.4, 0.5) is 0 Å². The molecule has 1 N–H and O–H groups in total. The van der Waals surface area contributed by atoms with Crippen LogP contribution < -0.4 is 10.3 Å². The van der Waals surface area contributed by atoms with Gasteiger partial charge in [0.15, 0.2) is 0 Å². The number of fused-ring (bicyclic) bond motifs is 2. The molecule has 0 radical (unpaired) electrons. The minimum absolute atomic E-state index is 0.161. The van der Waals surface area contributed by atoms with Crippen molar-refractivity contribution in [2.75, 3.05) is 0 Å². The molecule has 1 aliphatic carbocycles. The SMILES string of the molecule is C[C@@H](Cn1ncc2ccccc2c1=O)NS(=O)(=O)c1ccc2c(c1)CCCC2. The molecule has 2 aromatic carbocycles. The summed E-state index contributed by atoms with van der Waals surface area (Å²) in [5, 5.41) is 5.52. The Labute approximate surface area is 164 Å². The van der Waals surface area contributed by atoms with Crippen molar-refractivity contribution in [2.45, 2.75) is 50.1 Å². The van der Waals surface area contributed by atoms with Gasteiger partial charge in [0, 0.05) is 11.4 Å². The fraction of sp³-hybridized carbons (Fsp3) is 0.333. The van der Waals surface area contributed by atoms with Crippen molar-refractivity contribution in [3.63, 3.8) is 0 Å². The summed E-state index contributed by atoms with van der Waals surface area (Å²) < 4.78 is 29.6. The van der Waals surface area contributed by atoms with Crippen LogP contribution in [-0.4, -0.2) is 24.2 Å². The Hall–Kier alpha value is -2.51. The second-order valence-electron chi connectivity index (χ2n) is 7.38. The Morgan fingerprint density at radius 3 is 2.68 bits per heavy atom. The number of nitrogens with one attached hydrogen (secondary N) is 1. The summed E-state index contributed by atoms with van der Waals surface area (Å²) in [6.45, 7) is 1.90. The van der Waals surface area contributed by atoms with E-state index in [1.54, 1.807) is 37.4 Å². The molecule has 28 heavy (non-hydrogen) atoms. The van der Waals surface area contributed by atoms with Crippen LogP contribution in [0.25, 0.3) is 10.8 Å². The molecule has 1 aromatic heterocycles. The van der Waals surface area contributed by atoms with Gasteiger partial charge in [0.05, 0.1) is 23.0 Å². The molecular formula is C21H23N3O3S. The van der Waals surface area contributed by atoms with E-state index in [-0.39, 0.29) is 17.0 Å². The lowest BCUT2D eigenvalue weighted by molar-refractivity contribution is 0.480. The standard InChI is InChI=1S/C21H23N3O3S/c1-15(14-24-21(25)20-9-5-4-8-18(20)13-22-24)23-28(26,27)19-11-10-16-6-2-3-7-17(16)12-19/h4-5,8-13,15,23H,2-3,6-7,14H2,1H3/t15-/m0/s1. The average Bonchev–Trinajstić information content (AvgIpc) is 2.69. The fourth-order valence-corrected chi connectivity index (χ4v) is 5.05. The van der Waals surface area contributed by atoms with Crippen LogP contribution in [0.2, 0.25) is 0 Å². The van der Waals surface area contributed by atoms with E-state index in [1.807, 2.05) is 18.2 Å². The van der Waals surface area contributed by atoms with Crippen molar-refractivity contribution < 1.29 is 8.42 Å². The highest BCUT2D eigenvalue weighted by Crippen LogP contribution is 2.24. The van der Waals surface area contributed by atoms with Gasteiger partial charge in [0.1, 0.15) is 0 Å². The first-order chi connectivity index (χ1) is 13.4. The summed E-state index contributed by atoms with van der Waals surface area (Å²) >= 11 is 0. The number of hydrogen-bond acceptors (Lipinski definition) is 4.